The van der Waals surface area contributed by atoms with Gasteiger partial charge in [0.2, 0.25) is 21.8 Å². The molecule has 2 fully saturated rings. The first-order chi connectivity index (χ1) is 10.9. The molecule has 10 heteroatoms. The lowest BCUT2D eigenvalue weighted by Gasteiger charge is -2.33. The van der Waals surface area contributed by atoms with E-state index in [-0.39, 0.29) is 11.8 Å². The Labute approximate surface area is 149 Å². The predicted molar refractivity (Wildman–Crippen MR) is 92.4 cm³/mol. The van der Waals surface area contributed by atoms with Crippen LogP contribution in [-0.2, 0) is 24.3 Å². The van der Waals surface area contributed by atoms with E-state index in [2.05, 4.69) is 33.9 Å². The number of carbonyl (C=O) groups is 2. The summed E-state index contributed by atoms with van der Waals surface area (Å²) in [6.45, 7) is 5.58. The van der Waals surface area contributed by atoms with Gasteiger partial charge >= 0.3 is 0 Å². The minimum atomic E-state index is -3.68. The van der Waals surface area contributed by atoms with E-state index in [1.807, 2.05) is 0 Å². The molecule has 0 aromatic heterocycles. The topological polar surface area (TPSA) is 96.0 Å². The summed E-state index contributed by atoms with van der Waals surface area (Å²) in [6.07, 6.45) is 0.343. The van der Waals surface area contributed by atoms with Crippen molar-refractivity contribution < 1.29 is 22.7 Å². The molecule has 0 spiro atoms. The molecule has 2 amide bonds. The van der Waals surface area contributed by atoms with Gasteiger partial charge in [-0.05, 0) is 6.42 Å². The minimum Gasteiger partial charge on any atom is -0.378 e. The van der Waals surface area contributed by atoms with Crippen molar-refractivity contribution in [3.8, 4) is 0 Å². The zero-order valence-electron chi connectivity index (χ0n) is 12.6. The summed E-state index contributed by atoms with van der Waals surface area (Å²) < 4.78 is 31.1. The highest BCUT2D eigenvalue weighted by Gasteiger charge is 2.41. The number of nitrogens with zero attached hydrogens (tertiary/aromatic N) is 2. The van der Waals surface area contributed by atoms with Crippen LogP contribution in [-0.4, -0.2) is 79.4 Å². The molecule has 2 saturated heterocycles. The van der Waals surface area contributed by atoms with Crippen molar-refractivity contribution in [2.24, 2.45) is 0 Å². The molecule has 2 atom stereocenters. The molecular formula is C13H20IN3O5S. The number of alkyl halides is 1. The van der Waals surface area contributed by atoms with Crippen molar-refractivity contribution in [1.82, 2.24) is 14.5 Å². The first-order valence-corrected chi connectivity index (χ1v) is 10.3. The highest BCUT2D eigenvalue weighted by atomic mass is 127. The highest BCUT2D eigenvalue weighted by molar-refractivity contribution is 14.1. The maximum atomic E-state index is 12.6. The number of rotatable bonds is 6. The van der Waals surface area contributed by atoms with Crippen LogP contribution in [0.3, 0.4) is 0 Å². The van der Waals surface area contributed by atoms with Crippen LogP contribution in [0, 0.1) is 0 Å². The van der Waals surface area contributed by atoms with Crippen LogP contribution in [0.25, 0.3) is 0 Å². The standard InChI is InChI=1S/C13H20IN3O5S/c1-2-23(20,21)15-10-3-4-17(12(10)18)11(9-14)13(19)16-5-7-22-8-6-16/h2,10-11,15H,1,3-9H2. The van der Waals surface area contributed by atoms with Gasteiger partial charge in [0.1, 0.15) is 12.1 Å². The molecule has 2 rings (SSSR count). The Morgan fingerprint density at radius 3 is 2.65 bits per heavy atom. The van der Waals surface area contributed by atoms with Crippen LogP contribution < -0.4 is 4.72 Å². The predicted octanol–water partition coefficient (Wildman–Crippen LogP) is -0.687. The second-order valence-electron chi connectivity index (χ2n) is 5.31. The number of ether oxygens (including phenoxy) is 1. The van der Waals surface area contributed by atoms with Gasteiger partial charge < -0.3 is 14.5 Å². The van der Waals surface area contributed by atoms with E-state index < -0.39 is 22.1 Å². The second kappa shape index (κ2) is 7.90. The fourth-order valence-corrected chi connectivity index (χ4v) is 4.21. The molecule has 2 heterocycles. The van der Waals surface area contributed by atoms with E-state index in [1.165, 1.54) is 4.90 Å². The molecule has 0 saturated carbocycles. The Kier molecular flexibility index (Phi) is 6.40. The Balaban J connectivity index is 2.05. The molecule has 0 aromatic carbocycles. The minimum absolute atomic E-state index is 0.108. The van der Waals surface area contributed by atoms with Crippen molar-refractivity contribution in [3.05, 3.63) is 12.0 Å². The highest BCUT2D eigenvalue weighted by Crippen LogP contribution is 2.19. The fraction of sp³-hybridized carbons (Fsp3) is 0.692. The molecule has 2 aliphatic rings. The molecule has 23 heavy (non-hydrogen) atoms. The van der Waals surface area contributed by atoms with Crippen molar-refractivity contribution in [2.75, 3.05) is 37.3 Å². The van der Waals surface area contributed by atoms with Crippen LogP contribution in [0.4, 0.5) is 0 Å². The van der Waals surface area contributed by atoms with Crippen LogP contribution in [0.5, 0.6) is 0 Å². The normalized spacial score (nSPS) is 23.9. The number of hydrogen-bond acceptors (Lipinski definition) is 5. The van der Waals surface area contributed by atoms with Crippen molar-refractivity contribution in [1.29, 1.82) is 0 Å². The van der Waals surface area contributed by atoms with Crippen molar-refractivity contribution in [2.45, 2.75) is 18.5 Å². The summed E-state index contributed by atoms with van der Waals surface area (Å²) >= 11 is 2.08. The van der Waals surface area contributed by atoms with Gasteiger partial charge in [0.25, 0.3) is 0 Å². The van der Waals surface area contributed by atoms with E-state index in [9.17, 15) is 18.0 Å². The quantitative estimate of drug-likeness (QED) is 0.421. The van der Waals surface area contributed by atoms with Gasteiger partial charge in [-0.15, -0.1) is 0 Å². The molecule has 130 valence electrons. The maximum absolute atomic E-state index is 12.6. The molecule has 0 aliphatic carbocycles. The number of morpholine rings is 1. The van der Waals surface area contributed by atoms with E-state index in [4.69, 9.17) is 4.74 Å². The lowest BCUT2D eigenvalue weighted by molar-refractivity contribution is -0.145. The van der Waals surface area contributed by atoms with E-state index in [0.29, 0.717) is 43.7 Å². The average molecular weight is 457 g/mol. The molecule has 8 nitrogen and oxygen atoms in total. The lowest BCUT2D eigenvalue weighted by atomic mass is 10.2. The van der Waals surface area contributed by atoms with Gasteiger partial charge in [-0.25, -0.2) is 8.42 Å². The number of hydrogen-bond donors (Lipinski definition) is 1. The number of sulfonamides is 1. The summed E-state index contributed by atoms with van der Waals surface area (Å²) in [4.78, 5) is 28.2. The summed E-state index contributed by atoms with van der Waals surface area (Å²) in [5.41, 5.74) is 0. The third-order valence-electron chi connectivity index (χ3n) is 3.90. The maximum Gasteiger partial charge on any atom is 0.246 e. The van der Waals surface area contributed by atoms with Gasteiger partial charge in [0.15, 0.2) is 0 Å². The molecule has 0 radical (unpaired) electrons. The molecular weight excluding hydrogens is 437 g/mol. The Hall–Kier alpha value is -0.720. The number of amides is 2. The monoisotopic (exact) mass is 457 g/mol. The smallest absolute Gasteiger partial charge is 0.246 e. The number of carbonyl (C=O) groups excluding carboxylic acids is 2. The molecule has 0 bridgehead atoms. The summed E-state index contributed by atoms with van der Waals surface area (Å²) in [5.74, 6) is -0.470. The van der Waals surface area contributed by atoms with Crippen LogP contribution >= 0.6 is 22.6 Å². The number of nitrogens with one attached hydrogen (secondary N) is 1. The Bertz CT molecular complexity index is 576. The Morgan fingerprint density at radius 1 is 1.43 bits per heavy atom. The first-order valence-electron chi connectivity index (χ1n) is 7.27. The van der Waals surface area contributed by atoms with E-state index in [1.54, 1.807) is 4.90 Å². The van der Waals surface area contributed by atoms with Gasteiger partial charge in [-0.1, -0.05) is 29.2 Å². The zero-order chi connectivity index (χ0) is 17.0. The lowest BCUT2D eigenvalue weighted by Crippen LogP contribution is -2.54. The largest absolute Gasteiger partial charge is 0.378 e. The second-order valence-corrected chi connectivity index (χ2v) is 7.85. The average Bonchev–Trinajstić information content (AvgIpc) is 2.90. The molecule has 1 N–H and O–H groups in total. The first kappa shape index (κ1) is 18.6. The van der Waals surface area contributed by atoms with Crippen LogP contribution in [0.2, 0.25) is 0 Å². The fourth-order valence-electron chi connectivity index (χ4n) is 2.64. The molecule has 0 aromatic rings. The summed E-state index contributed by atoms with van der Waals surface area (Å²) in [7, 11) is -3.68. The van der Waals surface area contributed by atoms with Gasteiger partial charge in [0.05, 0.1) is 13.2 Å². The van der Waals surface area contributed by atoms with Crippen LogP contribution in [0.1, 0.15) is 6.42 Å². The summed E-state index contributed by atoms with van der Waals surface area (Å²) in [5, 5.41) is 0.775. The van der Waals surface area contributed by atoms with E-state index in [0.717, 1.165) is 5.41 Å². The summed E-state index contributed by atoms with van der Waals surface area (Å²) in [6, 6.07) is -1.40. The number of likely N-dealkylation sites (tertiary alicyclic amines) is 1. The molecule has 2 unspecified atom stereocenters. The van der Waals surface area contributed by atoms with Crippen LogP contribution in [0.15, 0.2) is 12.0 Å². The third kappa shape index (κ3) is 4.43. The van der Waals surface area contributed by atoms with Crippen molar-refractivity contribution in [3.63, 3.8) is 0 Å². The van der Waals surface area contributed by atoms with E-state index >= 15 is 0 Å². The van der Waals surface area contributed by atoms with Gasteiger partial charge in [-0.2, -0.15) is 4.72 Å². The van der Waals surface area contributed by atoms with Gasteiger partial charge in [0, 0.05) is 29.5 Å². The molecule has 2 aliphatic heterocycles. The van der Waals surface area contributed by atoms with Crippen molar-refractivity contribution >= 4 is 44.4 Å². The third-order valence-corrected chi connectivity index (χ3v) is 5.78. The van der Waals surface area contributed by atoms with Gasteiger partial charge in [-0.3, -0.25) is 9.59 Å². The SMILES string of the molecule is C=CS(=O)(=O)NC1CCN(C(CI)C(=O)N2CCOCC2)C1=O. The Morgan fingerprint density at radius 2 is 2.09 bits per heavy atom. The zero-order valence-corrected chi connectivity index (χ0v) is 15.6. The number of halogens is 1.